The van der Waals surface area contributed by atoms with Gasteiger partial charge < -0.3 is 5.32 Å². The van der Waals surface area contributed by atoms with Gasteiger partial charge in [-0.15, -0.1) is 0 Å². The number of hydrogen-bond acceptors (Lipinski definition) is 2. The van der Waals surface area contributed by atoms with Gasteiger partial charge in [-0.05, 0) is 43.9 Å². The van der Waals surface area contributed by atoms with Crippen molar-refractivity contribution in [3.63, 3.8) is 0 Å². The fourth-order valence-electron chi connectivity index (χ4n) is 3.20. The summed E-state index contributed by atoms with van der Waals surface area (Å²) in [7, 11) is 0. The Balaban J connectivity index is 1.64. The molecule has 0 aliphatic carbocycles. The van der Waals surface area contributed by atoms with Gasteiger partial charge in [0.2, 0.25) is 0 Å². The number of likely N-dealkylation sites (tertiary alicyclic amines) is 1. The molecule has 0 bridgehead atoms. The van der Waals surface area contributed by atoms with Crippen LogP contribution >= 0.6 is 0 Å². The van der Waals surface area contributed by atoms with Gasteiger partial charge in [-0.1, -0.05) is 24.3 Å². The summed E-state index contributed by atoms with van der Waals surface area (Å²) < 4.78 is 0. The minimum atomic E-state index is 0.644. The zero-order valence-corrected chi connectivity index (χ0v) is 10.7. The molecule has 0 spiro atoms. The van der Waals surface area contributed by atoms with Crippen LogP contribution in [0, 0.1) is 0 Å². The molecule has 2 heterocycles. The summed E-state index contributed by atoms with van der Waals surface area (Å²) in [6.07, 6.45) is 3.95. The second kappa shape index (κ2) is 4.79. The summed E-state index contributed by atoms with van der Waals surface area (Å²) in [5.41, 5.74) is 3.03. The zero-order chi connectivity index (χ0) is 11.7. The van der Waals surface area contributed by atoms with Crippen molar-refractivity contribution in [3.8, 4) is 0 Å². The van der Waals surface area contributed by atoms with Gasteiger partial charge in [-0.3, -0.25) is 4.90 Å². The second-order valence-corrected chi connectivity index (χ2v) is 5.54. The van der Waals surface area contributed by atoms with Gasteiger partial charge in [0.05, 0.1) is 0 Å². The lowest BCUT2D eigenvalue weighted by molar-refractivity contribution is 0.231. The van der Waals surface area contributed by atoms with Crippen LogP contribution in [0.1, 0.15) is 30.9 Å². The topological polar surface area (TPSA) is 15.3 Å². The van der Waals surface area contributed by atoms with Crippen molar-refractivity contribution in [2.24, 2.45) is 0 Å². The summed E-state index contributed by atoms with van der Waals surface area (Å²) in [5.74, 6) is 0. The average molecular weight is 230 g/mol. The number of hydrogen-bond donors (Lipinski definition) is 1. The van der Waals surface area contributed by atoms with Crippen molar-refractivity contribution in [2.75, 3.05) is 13.1 Å². The first-order valence-electron chi connectivity index (χ1n) is 6.87. The molecule has 92 valence electrons. The molecule has 0 amide bonds. The van der Waals surface area contributed by atoms with E-state index in [1.807, 2.05) is 0 Å². The number of benzene rings is 1. The van der Waals surface area contributed by atoms with E-state index in [0.29, 0.717) is 6.04 Å². The molecule has 1 aromatic carbocycles. The van der Waals surface area contributed by atoms with E-state index in [-0.39, 0.29) is 0 Å². The van der Waals surface area contributed by atoms with Crippen LogP contribution in [0.15, 0.2) is 24.3 Å². The van der Waals surface area contributed by atoms with Gasteiger partial charge in [0.1, 0.15) is 0 Å². The molecule has 0 aromatic heterocycles. The minimum absolute atomic E-state index is 0.644. The number of nitrogens with zero attached hydrogens (tertiary/aromatic N) is 1. The molecule has 2 nitrogen and oxygen atoms in total. The molecule has 0 unspecified atom stereocenters. The molecule has 17 heavy (non-hydrogen) atoms. The van der Waals surface area contributed by atoms with Gasteiger partial charge in [0.15, 0.2) is 0 Å². The fourth-order valence-corrected chi connectivity index (χ4v) is 3.20. The van der Waals surface area contributed by atoms with Crippen LogP contribution in [0.3, 0.4) is 0 Å². The summed E-state index contributed by atoms with van der Waals surface area (Å²) >= 11 is 0. The number of rotatable bonds is 2. The highest BCUT2D eigenvalue weighted by atomic mass is 15.2. The largest absolute Gasteiger partial charge is 0.308 e. The summed E-state index contributed by atoms with van der Waals surface area (Å²) in [5, 5.41) is 3.68. The Morgan fingerprint density at radius 2 is 2.12 bits per heavy atom. The highest BCUT2D eigenvalue weighted by Crippen LogP contribution is 2.20. The Labute approximate surface area is 104 Å². The first kappa shape index (κ1) is 11.2. The molecule has 1 N–H and O–H groups in total. The van der Waals surface area contributed by atoms with Gasteiger partial charge in [0.25, 0.3) is 0 Å². The van der Waals surface area contributed by atoms with Crippen molar-refractivity contribution in [1.29, 1.82) is 0 Å². The number of fused-ring (bicyclic) bond motifs is 1. The van der Waals surface area contributed by atoms with Crippen LogP contribution in [0.5, 0.6) is 0 Å². The predicted molar refractivity (Wildman–Crippen MR) is 71.0 cm³/mol. The quantitative estimate of drug-likeness (QED) is 0.838. The van der Waals surface area contributed by atoms with E-state index in [0.717, 1.165) is 12.6 Å². The second-order valence-electron chi connectivity index (χ2n) is 5.54. The van der Waals surface area contributed by atoms with E-state index >= 15 is 0 Å². The van der Waals surface area contributed by atoms with Gasteiger partial charge in [0, 0.05) is 25.2 Å². The number of nitrogens with one attached hydrogen (secondary N) is 1. The lowest BCUT2D eigenvalue weighted by atomic mass is 9.95. The SMILES string of the molecule is C[C@H]1CCCN1C[C@@H]1Cc2ccccc2CN1. The van der Waals surface area contributed by atoms with Crippen molar-refractivity contribution >= 4 is 0 Å². The molecular weight excluding hydrogens is 208 g/mol. The van der Waals surface area contributed by atoms with Crippen molar-refractivity contribution in [2.45, 2.75) is 44.8 Å². The van der Waals surface area contributed by atoms with E-state index < -0.39 is 0 Å². The van der Waals surface area contributed by atoms with Crippen LogP contribution in [-0.4, -0.2) is 30.1 Å². The smallest absolute Gasteiger partial charge is 0.0238 e. The predicted octanol–water partition coefficient (Wildman–Crippen LogP) is 2.19. The van der Waals surface area contributed by atoms with E-state index in [1.54, 1.807) is 5.56 Å². The van der Waals surface area contributed by atoms with E-state index in [2.05, 4.69) is 41.4 Å². The fraction of sp³-hybridized carbons (Fsp3) is 0.600. The molecule has 2 heteroatoms. The lowest BCUT2D eigenvalue weighted by Gasteiger charge is -2.31. The molecule has 0 radical (unpaired) electrons. The average Bonchev–Trinajstić information content (AvgIpc) is 2.75. The van der Waals surface area contributed by atoms with E-state index in [1.165, 1.54) is 37.9 Å². The van der Waals surface area contributed by atoms with E-state index in [4.69, 9.17) is 0 Å². The molecule has 3 rings (SSSR count). The molecule has 2 aliphatic heterocycles. The highest BCUT2D eigenvalue weighted by Gasteiger charge is 2.25. The van der Waals surface area contributed by atoms with Gasteiger partial charge in [-0.25, -0.2) is 0 Å². The Morgan fingerprint density at radius 1 is 1.29 bits per heavy atom. The normalized spacial score (nSPS) is 29.2. The lowest BCUT2D eigenvalue weighted by Crippen LogP contribution is -2.45. The third kappa shape index (κ3) is 2.38. The minimum Gasteiger partial charge on any atom is -0.308 e. The molecule has 2 aliphatic rings. The van der Waals surface area contributed by atoms with Crippen molar-refractivity contribution in [3.05, 3.63) is 35.4 Å². The van der Waals surface area contributed by atoms with Crippen LogP contribution in [0.25, 0.3) is 0 Å². The monoisotopic (exact) mass is 230 g/mol. The van der Waals surface area contributed by atoms with Gasteiger partial charge >= 0.3 is 0 Å². The maximum absolute atomic E-state index is 3.68. The van der Waals surface area contributed by atoms with Crippen LogP contribution in [-0.2, 0) is 13.0 Å². The van der Waals surface area contributed by atoms with Crippen LogP contribution < -0.4 is 5.32 Å². The zero-order valence-electron chi connectivity index (χ0n) is 10.7. The molecule has 0 saturated carbocycles. The standard InChI is InChI=1S/C15H22N2/c1-12-5-4-8-17(12)11-15-9-13-6-2-3-7-14(13)10-16-15/h2-3,6-7,12,15-16H,4-5,8-11H2,1H3/t12-,15-/m0/s1. The third-order valence-electron chi connectivity index (χ3n) is 4.31. The third-order valence-corrected chi connectivity index (χ3v) is 4.31. The molecule has 1 aromatic rings. The summed E-state index contributed by atoms with van der Waals surface area (Å²) in [4.78, 5) is 2.64. The Kier molecular flexibility index (Phi) is 3.17. The summed E-state index contributed by atoms with van der Waals surface area (Å²) in [6.45, 7) is 5.92. The summed E-state index contributed by atoms with van der Waals surface area (Å²) in [6, 6.07) is 10.3. The van der Waals surface area contributed by atoms with Crippen molar-refractivity contribution < 1.29 is 0 Å². The van der Waals surface area contributed by atoms with Crippen LogP contribution in [0.2, 0.25) is 0 Å². The molecule has 2 atom stereocenters. The first-order valence-corrected chi connectivity index (χ1v) is 6.87. The first-order chi connectivity index (χ1) is 8.33. The Bertz CT molecular complexity index is 388. The molecular formula is C15H22N2. The highest BCUT2D eigenvalue weighted by molar-refractivity contribution is 5.29. The Morgan fingerprint density at radius 3 is 2.88 bits per heavy atom. The van der Waals surface area contributed by atoms with Gasteiger partial charge in [-0.2, -0.15) is 0 Å². The van der Waals surface area contributed by atoms with Crippen LogP contribution in [0.4, 0.5) is 0 Å². The molecule has 1 saturated heterocycles. The van der Waals surface area contributed by atoms with E-state index in [9.17, 15) is 0 Å². The maximum Gasteiger partial charge on any atom is 0.0238 e. The maximum atomic E-state index is 3.68. The Hall–Kier alpha value is -0.860. The molecule has 1 fully saturated rings. The van der Waals surface area contributed by atoms with Crippen molar-refractivity contribution in [1.82, 2.24) is 10.2 Å².